The van der Waals surface area contributed by atoms with Crippen LogP contribution in [0.25, 0.3) is 16.8 Å². The second-order valence-corrected chi connectivity index (χ2v) is 4.91. The minimum absolute atomic E-state index is 0.202. The predicted octanol–water partition coefficient (Wildman–Crippen LogP) is 4.20. The van der Waals surface area contributed by atoms with Crippen LogP contribution in [0.2, 0.25) is 0 Å². The number of hydrogen-bond donors (Lipinski definition) is 2. The van der Waals surface area contributed by atoms with Gasteiger partial charge in [-0.05, 0) is 23.8 Å². The van der Waals surface area contributed by atoms with Gasteiger partial charge in [0.25, 0.3) is 0 Å². The number of phenolic OH excluding ortho intramolecular Hbond substituents is 1. The van der Waals surface area contributed by atoms with E-state index >= 15 is 0 Å². The van der Waals surface area contributed by atoms with Gasteiger partial charge in [-0.1, -0.05) is 54.6 Å². The van der Waals surface area contributed by atoms with Gasteiger partial charge in [-0.2, -0.15) is 0 Å². The highest BCUT2D eigenvalue weighted by Gasteiger charge is 2.05. The van der Waals surface area contributed by atoms with Crippen molar-refractivity contribution in [3.63, 3.8) is 0 Å². The van der Waals surface area contributed by atoms with Crippen molar-refractivity contribution >= 4 is 28.4 Å². The van der Waals surface area contributed by atoms with Crippen LogP contribution in [0, 0.1) is 0 Å². The molecule has 0 heterocycles. The van der Waals surface area contributed by atoms with E-state index in [1.807, 2.05) is 48.5 Å². The normalized spacial score (nSPS) is 10.9. The smallest absolute Gasteiger partial charge is 0.248 e. The Labute approximate surface area is 128 Å². The Hall–Kier alpha value is -3.07. The molecule has 3 nitrogen and oxygen atoms in total. The van der Waals surface area contributed by atoms with Gasteiger partial charge >= 0.3 is 0 Å². The van der Waals surface area contributed by atoms with Gasteiger partial charge in [0, 0.05) is 22.5 Å². The maximum atomic E-state index is 12.1. The van der Waals surface area contributed by atoms with Gasteiger partial charge in [0.2, 0.25) is 5.91 Å². The summed E-state index contributed by atoms with van der Waals surface area (Å²) in [4.78, 5) is 12.1. The van der Waals surface area contributed by atoms with Gasteiger partial charge in [0.1, 0.15) is 5.75 Å². The average molecular weight is 289 g/mol. The molecule has 0 spiro atoms. The Morgan fingerprint density at radius 2 is 1.59 bits per heavy atom. The van der Waals surface area contributed by atoms with E-state index in [0.717, 1.165) is 10.9 Å². The van der Waals surface area contributed by atoms with Crippen LogP contribution in [0.1, 0.15) is 5.56 Å². The van der Waals surface area contributed by atoms with Crippen molar-refractivity contribution in [1.82, 2.24) is 0 Å². The zero-order chi connectivity index (χ0) is 15.4. The van der Waals surface area contributed by atoms with Crippen molar-refractivity contribution < 1.29 is 9.90 Å². The molecule has 0 radical (unpaired) electrons. The molecule has 0 aromatic heterocycles. The molecule has 0 fully saturated rings. The number of phenols is 1. The van der Waals surface area contributed by atoms with E-state index in [1.165, 1.54) is 6.08 Å². The Balaban J connectivity index is 1.83. The quantitative estimate of drug-likeness (QED) is 0.710. The van der Waals surface area contributed by atoms with E-state index < -0.39 is 0 Å². The first-order chi connectivity index (χ1) is 10.7. The van der Waals surface area contributed by atoms with Crippen molar-refractivity contribution in [3.8, 4) is 5.75 Å². The van der Waals surface area contributed by atoms with Crippen molar-refractivity contribution in [2.24, 2.45) is 0 Å². The monoisotopic (exact) mass is 289 g/mol. The number of nitrogens with one attached hydrogen (secondary N) is 1. The Morgan fingerprint density at radius 1 is 0.864 bits per heavy atom. The van der Waals surface area contributed by atoms with E-state index in [2.05, 4.69) is 5.32 Å². The molecule has 1 amide bonds. The Bertz CT molecular complexity index is 838. The van der Waals surface area contributed by atoms with Crippen LogP contribution in [-0.4, -0.2) is 11.0 Å². The summed E-state index contributed by atoms with van der Waals surface area (Å²) >= 11 is 0. The molecule has 3 rings (SSSR count). The minimum Gasteiger partial charge on any atom is -0.507 e. The molecule has 22 heavy (non-hydrogen) atoms. The van der Waals surface area contributed by atoms with E-state index in [-0.39, 0.29) is 11.7 Å². The van der Waals surface area contributed by atoms with Crippen LogP contribution in [0.4, 0.5) is 5.69 Å². The van der Waals surface area contributed by atoms with Crippen LogP contribution in [0.5, 0.6) is 5.75 Å². The second kappa shape index (κ2) is 6.14. The lowest BCUT2D eigenvalue weighted by atomic mass is 10.1. The lowest BCUT2D eigenvalue weighted by Crippen LogP contribution is -2.08. The van der Waals surface area contributed by atoms with Crippen LogP contribution < -0.4 is 5.32 Å². The fourth-order valence-electron chi connectivity index (χ4n) is 2.31. The third-order valence-electron chi connectivity index (χ3n) is 3.38. The number of carbonyl (C=O) groups is 1. The van der Waals surface area contributed by atoms with E-state index in [4.69, 9.17) is 0 Å². The Morgan fingerprint density at radius 3 is 2.41 bits per heavy atom. The third-order valence-corrected chi connectivity index (χ3v) is 3.38. The fourth-order valence-corrected chi connectivity index (χ4v) is 2.31. The molecule has 0 aliphatic carbocycles. The number of fused-ring (bicyclic) bond motifs is 1. The first-order valence-electron chi connectivity index (χ1n) is 6.99. The van der Waals surface area contributed by atoms with E-state index in [0.29, 0.717) is 11.1 Å². The molecule has 3 aromatic carbocycles. The van der Waals surface area contributed by atoms with Gasteiger partial charge in [-0.3, -0.25) is 4.79 Å². The maximum Gasteiger partial charge on any atom is 0.248 e. The number of anilines is 1. The summed E-state index contributed by atoms with van der Waals surface area (Å²) in [5.74, 6) is -0.00637. The number of amides is 1. The number of hydrogen-bond acceptors (Lipinski definition) is 2. The first-order valence-corrected chi connectivity index (χ1v) is 6.99. The molecule has 108 valence electrons. The summed E-state index contributed by atoms with van der Waals surface area (Å²) in [6, 6.07) is 20.3. The zero-order valence-electron chi connectivity index (χ0n) is 11.9. The van der Waals surface area contributed by atoms with Crippen molar-refractivity contribution in [3.05, 3.63) is 78.4 Å². The van der Waals surface area contributed by atoms with Gasteiger partial charge in [-0.25, -0.2) is 0 Å². The molecule has 2 N–H and O–H groups in total. The second-order valence-electron chi connectivity index (χ2n) is 4.91. The van der Waals surface area contributed by atoms with Crippen LogP contribution in [0.15, 0.2) is 72.8 Å². The maximum absolute atomic E-state index is 12.1. The summed E-state index contributed by atoms with van der Waals surface area (Å²) in [5, 5.41) is 14.2. The molecule has 0 saturated heterocycles. The van der Waals surface area contributed by atoms with E-state index in [1.54, 1.807) is 24.3 Å². The van der Waals surface area contributed by atoms with Crippen molar-refractivity contribution in [2.75, 3.05) is 5.32 Å². The largest absolute Gasteiger partial charge is 0.507 e. The molecular weight excluding hydrogens is 274 g/mol. The summed E-state index contributed by atoms with van der Waals surface area (Å²) in [7, 11) is 0. The molecule has 0 unspecified atom stereocenters. The molecule has 0 aliphatic heterocycles. The molecule has 3 aromatic rings. The topological polar surface area (TPSA) is 49.3 Å². The van der Waals surface area contributed by atoms with Gasteiger partial charge < -0.3 is 10.4 Å². The van der Waals surface area contributed by atoms with Crippen LogP contribution in [-0.2, 0) is 4.79 Å². The standard InChI is InChI=1S/C19H15NO2/c21-18-11-5-8-15-16(18)9-4-10-17(15)20-19(22)13-12-14-6-2-1-3-7-14/h1-13,21H,(H,20,22)/b13-12+. The fraction of sp³-hybridized carbons (Fsp3) is 0. The van der Waals surface area contributed by atoms with Crippen molar-refractivity contribution in [1.29, 1.82) is 0 Å². The molecule has 0 aliphatic rings. The molecule has 0 bridgehead atoms. The van der Waals surface area contributed by atoms with Gasteiger partial charge in [0.05, 0.1) is 0 Å². The first kappa shape index (κ1) is 13.9. The van der Waals surface area contributed by atoms with Gasteiger partial charge in [-0.15, -0.1) is 0 Å². The number of benzene rings is 3. The van der Waals surface area contributed by atoms with E-state index in [9.17, 15) is 9.90 Å². The highest BCUT2D eigenvalue weighted by Crippen LogP contribution is 2.29. The number of carbonyl (C=O) groups excluding carboxylic acids is 1. The summed E-state index contributed by atoms with van der Waals surface area (Å²) in [6.45, 7) is 0. The highest BCUT2D eigenvalue weighted by molar-refractivity contribution is 6.08. The molecule has 0 saturated carbocycles. The number of rotatable bonds is 3. The predicted molar refractivity (Wildman–Crippen MR) is 89.7 cm³/mol. The van der Waals surface area contributed by atoms with Crippen LogP contribution in [0.3, 0.4) is 0 Å². The lowest BCUT2D eigenvalue weighted by molar-refractivity contribution is -0.111. The summed E-state index contributed by atoms with van der Waals surface area (Å²) in [5.41, 5.74) is 1.64. The van der Waals surface area contributed by atoms with Crippen molar-refractivity contribution in [2.45, 2.75) is 0 Å². The minimum atomic E-state index is -0.209. The number of aromatic hydroxyl groups is 1. The Kier molecular flexibility index (Phi) is 3.88. The molecular formula is C19H15NO2. The van der Waals surface area contributed by atoms with Crippen LogP contribution >= 0.6 is 0 Å². The molecule has 3 heteroatoms. The van der Waals surface area contributed by atoms with Gasteiger partial charge in [0.15, 0.2) is 0 Å². The molecule has 0 atom stereocenters. The SMILES string of the molecule is O=C(/C=C/c1ccccc1)Nc1cccc2c(O)cccc12. The highest BCUT2D eigenvalue weighted by atomic mass is 16.3. The third kappa shape index (κ3) is 2.99. The summed E-state index contributed by atoms with van der Waals surface area (Å²) in [6.07, 6.45) is 3.26. The lowest BCUT2D eigenvalue weighted by Gasteiger charge is -2.08. The average Bonchev–Trinajstić information content (AvgIpc) is 2.55. The summed E-state index contributed by atoms with van der Waals surface area (Å²) < 4.78 is 0. The zero-order valence-corrected chi connectivity index (χ0v) is 11.9.